The van der Waals surface area contributed by atoms with Crippen molar-refractivity contribution in [1.29, 1.82) is 0 Å². The Balaban J connectivity index is 1.49. The number of H-pyrrole nitrogens is 1. The number of carbonyl (C=O) groups excluding carboxylic acids is 2. The first-order chi connectivity index (χ1) is 13.5. The Kier molecular flexibility index (Phi) is 4.89. The molecule has 0 spiro atoms. The molecule has 0 fully saturated rings. The molecule has 1 atom stereocenters. The first-order valence-electron chi connectivity index (χ1n) is 9.48. The molecule has 4 rings (SSSR count). The Morgan fingerprint density at radius 1 is 1.18 bits per heavy atom. The van der Waals surface area contributed by atoms with Gasteiger partial charge in [-0.05, 0) is 44.0 Å². The van der Waals surface area contributed by atoms with E-state index >= 15 is 0 Å². The fraction of sp³-hybridized carbons (Fsp3) is 0.273. The van der Waals surface area contributed by atoms with Crippen LogP contribution >= 0.6 is 11.8 Å². The average Bonchev–Trinajstić information content (AvgIpc) is 3.12. The van der Waals surface area contributed by atoms with Crippen LogP contribution in [0.4, 0.5) is 5.69 Å². The normalized spacial score (nSPS) is 18.9. The highest BCUT2D eigenvalue weighted by molar-refractivity contribution is 8.02. The number of nitrogens with one attached hydrogen (secondary N) is 2. The minimum Gasteiger partial charge on any atom is -0.361 e. The van der Waals surface area contributed by atoms with Crippen LogP contribution in [0.25, 0.3) is 10.9 Å². The molecule has 1 aromatic heterocycles. The third-order valence-electron chi connectivity index (χ3n) is 5.23. The molecule has 0 saturated carbocycles. The summed E-state index contributed by atoms with van der Waals surface area (Å²) < 4.78 is -1.16. The van der Waals surface area contributed by atoms with Crippen molar-refractivity contribution in [3.05, 3.63) is 60.3 Å². The molecule has 3 aromatic rings. The molecule has 144 valence electrons. The number of aromatic amines is 1. The number of carbonyl (C=O) groups is 2. The first kappa shape index (κ1) is 18.6. The quantitative estimate of drug-likeness (QED) is 0.649. The molecule has 0 aliphatic carbocycles. The van der Waals surface area contributed by atoms with E-state index in [2.05, 4.69) is 16.4 Å². The van der Waals surface area contributed by atoms with Crippen molar-refractivity contribution in [2.24, 2.45) is 0 Å². The fourth-order valence-electron chi connectivity index (χ4n) is 3.67. The lowest BCUT2D eigenvalue weighted by Gasteiger charge is -2.38. The van der Waals surface area contributed by atoms with Crippen LogP contribution in [0.3, 0.4) is 0 Å². The van der Waals surface area contributed by atoms with Crippen LogP contribution in [0.15, 0.2) is 59.6 Å². The van der Waals surface area contributed by atoms with Gasteiger partial charge < -0.3 is 15.2 Å². The summed E-state index contributed by atoms with van der Waals surface area (Å²) in [6.45, 7) is 4.67. The number of hydrogen-bond acceptors (Lipinski definition) is 3. The minimum absolute atomic E-state index is 0.164. The summed E-state index contributed by atoms with van der Waals surface area (Å²) in [5, 5.41) is 4.14. The van der Waals surface area contributed by atoms with Gasteiger partial charge in [0.15, 0.2) is 4.75 Å². The lowest BCUT2D eigenvalue weighted by Crippen LogP contribution is -2.56. The van der Waals surface area contributed by atoms with Crippen molar-refractivity contribution in [2.75, 3.05) is 18.0 Å². The zero-order valence-electron chi connectivity index (χ0n) is 16.0. The SMILES string of the molecule is CCN1C(=O)C(C)(C(=O)NCCc2c[nH]c3ccccc23)Sc2ccccc21. The lowest BCUT2D eigenvalue weighted by atomic mass is 10.1. The summed E-state index contributed by atoms with van der Waals surface area (Å²) in [5.41, 5.74) is 3.12. The number of rotatable bonds is 5. The molecule has 1 aliphatic rings. The molecule has 5 nitrogen and oxygen atoms in total. The molecule has 2 aromatic carbocycles. The number of para-hydroxylation sites is 2. The number of nitrogens with zero attached hydrogens (tertiary/aromatic N) is 1. The van der Waals surface area contributed by atoms with Gasteiger partial charge in [0.25, 0.3) is 5.91 Å². The van der Waals surface area contributed by atoms with Crippen molar-refractivity contribution >= 4 is 40.2 Å². The molecular formula is C22H23N3O2S. The molecule has 2 heterocycles. The Morgan fingerprint density at radius 2 is 1.93 bits per heavy atom. The zero-order chi connectivity index (χ0) is 19.7. The first-order valence-corrected chi connectivity index (χ1v) is 10.3. The molecule has 28 heavy (non-hydrogen) atoms. The van der Waals surface area contributed by atoms with E-state index in [0.29, 0.717) is 19.5 Å². The molecule has 1 unspecified atom stereocenters. The molecule has 2 N–H and O–H groups in total. The maximum Gasteiger partial charge on any atom is 0.252 e. The average molecular weight is 394 g/mol. The fourth-order valence-corrected chi connectivity index (χ4v) is 4.90. The van der Waals surface area contributed by atoms with Crippen molar-refractivity contribution in [3.8, 4) is 0 Å². The van der Waals surface area contributed by atoms with Gasteiger partial charge in [-0.25, -0.2) is 0 Å². The number of aromatic nitrogens is 1. The minimum atomic E-state index is -1.16. The van der Waals surface area contributed by atoms with E-state index in [9.17, 15) is 9.59 Å². The second-order valence-corrected chi connectivity index (χ2v) is 8.48. The van der Waals surface area contributed by atoms with Crippen LogP contribution < -0.4 is 10.2 Å². The maximum atomic E-state index is 13.1. The standard InChI is InChI=1S/C22H23N3O2S/c1-3-25-18-10-6-7-11-19(18)28-22(2,21(25)27)20(26)23-13-12-15-14-24-17-9-5-4-8-16(15)17/h4-11,14,24H,3,12-13H2,1-2H3,(H,23,26). The van der Waals surface area contributed by atoms with Gasteiger partial charge in [-0.1, -0.05) is 42.1 Å². The van der Waals surface area contributed by atoms with E-state index in [0.717, 1.165) is 27.0 Å². The van der Waals surface area contributed by atoms with Crippen molar-refractivity contribution < 1.29 is 9.59 Å². The Labute approximate surface area is 168 Å². The van der Waals surface area contributed by atoms with Crippen LogP contribution in [0.1, 0.15) is 19.4 Å². The highest BCUT2D eigenvalue weighted by Crippen LogP contribution is 2.45. The highest BCUT2D eigenvalue weighted by atomic mass is 32.2. The second kappa shape index (κ2) is 7.36. The summed E-state index contributed by atoms with van der Waals surface area (Å²) in [6.07, 6.45) is 2.69. The van der Waals surface area contributed by atoms with Gasteiger partial charge in [-0.15, -0.1) is 0 Å². The molecule has 6 heteroatoms. The van der Waals surface area contributed by atoms with Gasteiger partial charge in [-0.2, -0.15) is 0 Å². The van der Waals surface area contributed by atoms with Gasteiger partial charge >= 0.3 is 0 Å². The smallest absolute Gasteiger partial charge is 0.252 e. The summed E-state index contributed by atoms with van der Waals surface area (Å²) in [4.78, 5) is 32.0. The van der Waals surface area contributed by atoms with E-state index in [-0.39, 0.29) is 11.8 Å². The monoisotopic (exact) mass is 393 g/mol. The van der Waals surface area contributed by atoms with Crippen LogP contribution in [0, 0.1) is 0 Å². The van der Waals surface area contributed by atoms with Crippen LogP contribution in [-0.2, 0) is 16.0 Å². The van der Waals surface area contributed by atoms with Gasteiger partial charge in [0, 0.05) is 35.1 Å². The van der Waals surface area contributed by atoms with Crippen molar-refractivity contribution in [3.63, 3.8) is 0 Å². The number of anilines is 1. The lowest BCUT2D eigenvalue weighted by molar-refractivity contribution is -0.131. The third-order valence-corrected chi connectivity index (χ3v) is 6.56. The molecule has 0 bridgehead atoms. The zero-order valence-corrected chi connectivity index (χ0v) is 16.8. The van der Waals surface area contributed by atoms with Gasteiger partial charge in [0.2, 0.25) is 5.91 Å². The maximum absolute atomic E-state index is 13.1. The van der Waals surface area contributed by atoms with Crippen LogP contribution in [0.2, 0.25) is 0 Å². The Hall–Kier alpha value is -2.73. The van der Waals surface area contributed by atoms with Crippen molar-refractivity contribution in [1.82, 2.24) is 10.3 Å². The van der Waals surface area contributed by atoms with E-state index in [1.165, 1.54) is 11.8 Å². The Bertz CT molecular complexity index is 1040. The number of amides is 2. The molecule has 1 aliphatic heterocycles. The van der Waals surface area contributed by atoms with Crippen LogP contribution in [0.5, 0.6) is 0 Å². The third kappa shape index (κ3) is 3.07. The van der Waals surface area contributed by atoms with Crippen molar-refractivity contribution in [2.45, 2.75) is 29.9 Å². The predicted molar refractivity (Wildman–Crippen MR) is 114 cm³/mol. The number of thioether (sulfide) groups is 1. The number of hydrogen-bond donors (Lipinski definition) is 2. The van der Waals surface area contributed by atoms with Crippen LogP contribution in [-0.4, -0.2) is 34.6 Å². The van der Waals surface area contributed by atoms with Gasteiger partial charge in [0.1, 0.15) is 0 Å². The van der Waals surface area contributed by atoms with Gasteiger partial charge in [-0.3, -0.25) is 9.59 Å². The van der Waals surface area contributed by atoms with E-state index in [1.54, 1.807) is 11.8 Å². The summed E-state index contributed by atoms with van der Waals surface area (Å²) in [6, 6.07) is 15.9. The van der Waals surface area contributed by atoms with E-state index in [1.807, 2.05) is 55.6 Å². The summed E-state index contributed by atoms with van der Waals surface area (Å²) >= 11 is 1.34. The predicted octanol–water partition coefficient (Wildman–Crippen LogP) is 3.74. The summed E-state index contributed by atoms with van der Waals surface area (Å²) in [7, 11) is 0. The number of benzene rings is 2. The Morgan fingerprint density at radius 3 is 2.75 bits per heavy atom. The van der Waals surface area contributed by atoms with Gasteiger partial charge in [0.05, 0.1) is 5.69 Å². The summed E-state index contributed by atoms with van der Waals surface area (Å²) in [5.74, 6) is -0.404. The van der Waals surface area contributed by atoms with E-state index < -0.39 is 4.75 Å². The molecule has 2 amide bonds. The molecule has 0 saturated heterocycles. The second-order valence-electron chi connectivity index (χ2n) is 7.02. The molecular weight excluding hydrogens is 370 g/mol. The molecule has 0 radical (unpaired) electrons. The van der Waals surface area contributed by atoms with E-state index in [4.69, 9.17) is 0 Å². The largest absolute Gasteiger partial charge is 0.361 e. The highest BCUT2D eigenvalue weighted by Gasteiger charge is 2.48. The topological polar surface area (TPSA) is 65.2 Å². The number of fused-ring (bicyclic) bond motifs is 2.